The number of carbonyl (C=O) groups excluding carboxylic acids is 3. The molecule has 228 valence electrons. The van der Waals surface area contributed by atoms with Crippen molar-refractivity contribution in [3.63, 3.8) is 0 Å². The summed E-state index contributed by atoms with van der Waals surface area (Å²) in [6.07, 6.45) is 19.0. The third-order valence-corrected chi connectivity index (χ3v) is 7.57. The summed E-state index contributed by atoms with van der Waals surface area (Å²) in [5.74, 6) is 2.38. The van der Waals surface area contributed by atoms with Gasteiger partial charge in [0.25, 0.3) is 5.91 Å². The van der Waals surface area contributed by atoms with Crippen molar-refractivity contribution in [2.75, 3.05) is 27.2 Å². The van der Waals surface area contributed by atoms with Gasteiger partial charge in [0, 0.05) is 56.0 Å². The maximum Gasteiger partial charge on any atom is 0.275 e. The van der Waals surface area contributed by atoms with Gasteiger partial charge in [-0.15, -0.1) is 17.8 Å². The molecule has 1 aliphatic heterocycles. The van der Waals surface area contributed by atoms with Crippen molar-refractivity contribution in [3.8, 4) is 12.3 Å². The number of aromatic nitrogens is 1. The van der Waals surface area contributed by atoms with Gasteiger partial charge in [-0.05, 0) is 43.3 Å². The average molecular weight is 595 g/mol. The molecule has 8 nitrogen and oxygen atoms in total. The molecule has 2 N–H and O–H groups in total. The van der Waals surface area contributed by atoms with E-state index < -0.39 is 0 Å². The molecule has 1 aromatic heterocycles. The molecule has 0 unspecified atom stereocenters. The molecule has 0 saturated carbocycles. The van der Waals surface area contributed by atoms with Gasteiger partial charge >= 0.3 is 0 Å². The number of allylic oxidation sites excluding steroid dienone is 8. The van der Waals surface area contributed by atoms with Crippen LogP contribution in [0, 0.1) is 12.3 Å². The summed E-state index contributed by atoms with van der Waals surface area (Å²) in [7, 11) is 3.04. The summed E-state index contributed by atoms with van der Waals surface area (Å²) in [5.41, 5.74) is 2.24. The van der Waals surface area contributed by atoms with Crippen LogP contribution in [0.4, 0.5) is 0 Å². The van der Waals surface area contributed by atoms with Gasteiger partial charge in [0.15, 0.2) is 5.76 Å². The fourth-order valence-corrected chi connectivity index (χ4v) is 4.96. The molecule has 1 saturated heterocycles. The average Bonchev–Trinajstić information content (AvgIpc) is 3.52. The summed E-state index contributed by atoms with van der Waals surface area (Å²) < 4.78 is 5.23. The Bertz CT molecular complexity index is 1220. The van der Waals surface area contributed by atoms with Crippen molar-refractivity contribution < 1.29 is 19.1 Å². The highest BCUT2D eigenvalue weighted by Gasteiger charge is 2.26. The molecule has 1 aromatic rings. The van der Waals surface area contributed by atoms with E-state index in [0.717, 1.165) is 41.8 Å². The second-order valence-electron chi connectivity index (χ2n) is 9.35. The SMILES string of the molecule is C#C/C(=C\C(NC(=O)c1csc(C2CCN(C(=O)CCC(=O)NC)CC2)n1)=C(/C)C(=C)/C=C\C=C/CCC)OC.CC. The molecule has 2 heterocycles. The Morgan fingerprint density at radius 3 is 2.52 bits per heavy atom. The van der Waals surface area contributed by atoms with Crippen molar-refractivity contribution in [2.45, 2.75) is 72.1 Å². The predicted molar refractivity (Wildman–Crippen MR) is 172 cm³/mol. The van der Waals surface area contributed by atoms with Crippen LogP contribution in [-0.2, 0) is 14.3 Å². The highest BCUT2D eigenvalue weighted by atomic mass is 32.1. The first-order valence-corrected chi connectivity index (χ1v) is 15.3. The number of methoxy groups -OCH3 is 1. The van der Waals surface area contributed by atoms with E-state index in [1.165, 1.54) is 18.4 Å². The lowest BCUT2D eigenvalue weighted by molar-refractivity contribution is -0.134. The van der Waals surface area contributed by atoms with Crippen LogP contribution in [0.15, 0.2) is 64.9 Å². The third kappa shape index (κ3) is 11.9. The van der Waals surface area contributed by atoms with Gasteiger partial charge in [-0.3, -0.25) is 14.4 Å². The number of terminal acetylenes is 1. The number of likely N-dealkylation sites (tertiary alicyclic amines) is 1. The molecule has 0 atom stereocenters. The number of thiazole rings is 1. The number of nitrogens with one attached hydrogen (secondary N) is 2. The number of piperidine rings is 1. The molecular formula is C33H46N4O4S. The lowest BCUT2D eigenvalue weighted by Gasteiger charge is -2.31. The number of carbonyl (C=O) groups is 3. The summed E-state index contributed by atoms with van der Waals surface area (Å²) in [5, 5.41) is 8.07. The highest BCUT2D eigenvalue weighted by molar-refractivity contribution is 7.09. The first-order valence-electron chi connectivity index (χ1n) is 14.4. The largest absolute Gasteiger partial charge is 0.489 e. The van der Waals surface area contributed by atoms with E-state index in [1.807, 2.05) is 39.0 Å². The van der Waals surface area contributed by atoms with Crippen LogP contribution in [0.5, 0.6) is 0 Å². The maximum atomic E-state index is 13.2. The van der Waals surface area contributed by atoms with Gasteiger partial charge in [-0.25, -0.2) is 4.98 Å². The van der Waals surface area contributed by atoms with Gasteiger partial charge in [-0.1, -0.05) is 58.1 Å². The molecule has 42 heavy (non-hydrogen) atoms. The van der Waals surface area contributed by atoms with E-state index in [0.29, 0.717) is 24.5 Å². The van der Waals surface area contributed by atoms with Crippen molar-refractivity contribution in [2.24, 2.45) is 0 Å². The van der Waals surface area contributed by atoms with Crippen LogP contribution in [0.25, 0.3) is 0 Å². The van der Waals surface area contributed by atoms with Gasteiger partial charge < -0.3 is 20.3 Å². The van der Waals surface area contributed by atoms with E-state index >= 15 is 0 Å². The summed E-state index contributed by atoms with van der Waals surface area (Å²) >= 11 is 1.44. The molecular weight excluding hydrogens is 548 g/mol. The van der Waals surface area contributed by atoms with E-state index in [9.17, 15) is 14.4 Å². The Balaban J connectivity index is 0.00000431. The number of unbranched alkanes of at least 4 members (excludes halogenated alkanes) is 1. The van der Waals surface area contributed by atoms with Gasteiger partial charge in [0.05, 0.1) is 12.1 Å². The second-order valence-corrected chi connectivity index (χ2v) is 10.2. The zero-order valence-electron chi connectivity index (χ0n) is 25.9. The number of hydrogen-bond acceptors (Lipinski definition) is 6. The zero-order valence-corrected chi connectivity index (χ0v) is 26.7. The van der Waals surface area contributed by atoms with Gasteiger partial charge in [0.2, 0.25) is 11.8 Å². The Morgan fingerprint density at radius 2 is 1.93 bits per heavy atom. The Labute approximate surface area is 255 Å². The van der Waals surface area contributed by atoms with E-state index in [4.69, 9.17) is 11.2 Å². The van der Waals surface area contributed by atoms with Crippen LogP contribution in [0.1, 0.15) is 87.6 Å². The van der Waals surface area contributed by atoms with E-state index in [-0.39, 0.29) is 42.2 Å². The first kappa shape index (κ1) is 36.1. The molecule has 2 rings (SSSR count). The predicted octanol–water partition coefficient (Wildman–Crippen LogP) is 6.04. The third-order valence-electron chi connectivity index (χ3n) is 6.57. The van der Waals surface area contributed by atoms with Crippen LogP contribution < -0.4 is 10.6 Å². The fraction of sp³-hybridized carbons (Fsp3) is 0.455. The quantitative estimate of drug-likeness (QED) is 0.165. The Kier molecular flexibility index (Phi) is 17.3. The number of rotatable bonds is 13. The molecule has 3 amide bonds. The maximum absolute atomic E-state index is 13.2. The second kappa shape index (κ2) is 20.1. The summed E-state index contributed by atoms with van der Waals surface area (Å²) in [4.78, 5) is 43.5. The monoisotopic (exact) mass is 594 g/mol. The minimum Gasteiger partial charge on any atom is -0.489 e. The fourth-order valence-electron chi connectivity index (χ4n) is 3.99. The van der Waals surface area contributed by atoms with Crippen LogP contribution in [0.2, 0.25) is 0 Å². The standard InChI is InChI=1S/C31H40N4O4S.C2H6/c1-7-9-10-11-12-13-22(3)23(4)26(20-25(8-2)39-6)33-30(38)27-21-40-31(34-27)24-16-18-35(19-17-24)29(37)15-14-28(36)32-5;1-2/h2,10-13,20-21,24H,3,7,9,14-19H2,1,4-6H3,(H,32,36)(H,33,38);1-2H3/b11-10-,13-12-,25-20+,26-23-;. The zero-order chi connectivity index (χ0) is 31.5. The Hall–Kier alpha value is -3.90. The smallest absolute Gasteiger partial charge is 0.275 e. The minimum atomic E-state index is -0.359. The van der Waals surface area contributed by atoms with Crippen LogP contribution in [0.3, 0.4) is 0 Å². The first-order chi connectivity index (χ1) is 20.2. The normalized spacial score (nSPS) is 14.5. The number of hydrogen-bond donors (Lipinski definition) is 2. The lowest BCUT2D eigenvalue weighted by atomic mass is 9.97. The number of nitrogens with zero attached hydrogens (tertiary/aromatic N) is 2. The van der Waals surface area contributed by atoms with Crippen LogP contribution >= 0.6 is 11.3 Å². The van der Waals surface area contributed by atoms with E-state index in [1.54, 1.807) is 23.4 Å². The molecule has 0 spiro atoms. The van der Waals surface area contributed by atoms with Crippen LogP contribution in [-0.4, -0.2) is 54.9 Å². The topological polar surface area (TPSA) is 101 Å². The molecule has 1 aliphatic rings. The highest BCUT2D eigenvalue weighted by Crippen LogP contribution is 2.30. The molecule has 0 aliphatic carbocycles. The number of amides is 3. The van der Waals surface area contributed by atoms with Gasteiger partial charge in [0.1, 0.15) is 5.69 Å². The van der Waals surface area contributed by atoms with Crippen molar-refractivity contribution in [3.05, 3.63) is 75.6 Å². The van der Waals surface area contributed by atoms with Gasteiger partial charge in [-0.2, -0.15) is 0 Å². The molecule has 0 bridgehead atoms. The minimum absolute atomic E-state index is 0.0141. The number of ether oxygens (including phenoxy) is 1. The Morgan fingerprint density at radius 1 is 1.24 bits per heavy atom. The lowest BCUT2D eigenvalue weighted by Crippen LogP contribution is -2.38. The van der Waals surface area contributed by atoms with Crippen molar-refractivity contribution in [1.29, 1.82) is 0 Å². The van der Waals surface area contributed by atoms with Crippen molar-refractivity contribution >= 4 is 29.1 Å². The van der Waals surface area contributed by atoms with Crippen molar-refractivity contribution in [1.82, 2.24) is 20.5 Å². The van der Waals surface area contributed by atoms with E-state index in [2.05, 4.69) is 41.1 Å². The summed E-state index contributed by atoms with van der Waals surface area (Å²) in [6.45, 7) is 13.3. The summed E-state index contributed by atoms with van der Waals surface area (Å²) in [6, 6.07) is 0. The molecule has 0 aromatic carbocycles. The molecule has 0 radical (unpaired) electrons. The molecule has 9 heteroatoms. The molecule has 1 fully saturated rings.